The molecule has 0 aromatic heterocycles. The van der Waals surface area contributed by atoms with E-state index in [4.69, 9.17) is 16.3 Å². The maximum absolute atomic E-state index is 13.3. The second-order valence-electron chi connectivity index (χ2n) is 4.61. The van der Waals surface area contributed by atoms with Gasteiger partial charge in [-0.15, -0.1) is 0 Å². The molecule has 2 rings (SSSR count). The zero-order chi connectivity index (χ0) is 15.2. The van der Waals surface area contributed by atoms with Crippen LogP contribution in [0.2, 0.25) is 5.02 Å². The fourth-order valence-corrected chi connectivity index (χ4v) is 2.52. The van der Waals surface area contributed by atoms with Crippen molar-refractivity contribution in [2.45, 2.75) is 19.9 Å². The summed E-state index contributed by atoms with van der Waals surface area (Å²) >= 11 is 9.29. The van der Waals surface area contributed by atoms with Gasteiger partial charge in [0, 0.05) is 27.3 Å². The van der Waals surface area contributed by atoms with Crippen molar-refractivity contribution in [1.82, 2.24) is 0 Å². The zero-order valence-corrected chi connectivity index (χ0v) is 14.0. The average molecular weight is 373 g/mol. The second kappa shape index (κ2) is 7.66. The van der Waals surface area contributed by atoms with Gasteiger partial charge in [-0.25, -0.2) is 4.39 Å². The van der Waals surface area contributed by atoms with Gasteiger partial charge < -0.3 is 10.1 Å². The van der Waals surface area contributed by atoms with Gasteiger partial charge in [0.25, 0.3) is 0 Å². The van der Waals surface area contributed by atoms with Gasteiger partial charge in [0.15, 0.2) is 0 Å². The Labute approximate surface area is 137 Å². The number of halogens is 3. The topological polar surface area (TPSA) is 21.3 Å². The lowest BCUT2D eigenvalue weighted by Gasteiger charge is -2.13. The van der Waals surface area contributed by atoms with E-state index in [9.17, 15) is 4.39 Å². The summed E-state index contributed by atoms with van der Waals surface area (Å²) in [5.41, 5.74) is 1.64. The zero-order valence-electron chi connectivity index (χ0n) is 11.6. The fourth-order valence-electron chi connectivity index (χ4n) is 1.89. The normalized spacial score (nSPS) is 10.5. The van der Waals surface area contributed by atoms with E-state index >= 15 is 0 Å². The molecule has 0 saturated carbocycles. The highest BCUT2D eigenvalue weighted by atomic mass is 79.9. The third kappa shape index (κ3) is 4.90. The number of rotatable bonds is 6. The van der Waals surface area contributed by atoms with Crippen LogP contribution >= 0.6 is 27.5 Å². The Morgan fingerprint density at radius 2 is 2.05 bits per heavy atom. The van der Waals surface area contributed by atoms with E-state index in [1.165, 1.54) is 12.1 Å². The molecule has 21 heavy (non-hydrogen) atoms. The Balaban J connectivity index is 2.12. The monoisotopic (exact) mass is 371 g/mol. The summed E-state index contributed by atoms with van der Waals surface area (Å²) in [4.78, 5) is 0. The number of nitrogens with one attached hydrogen (secondary N) is 1. The molecule has 0 heterocycles. The van der Waals surface area contributed by atoms with Crippen molar-refractivity contribution in [3.05, 3.63) is 57.3 Å². The predicted molar refractivity (Wildman–Crippen MR) is 88.7 cm³/mol. The minimum Gasteiger partial charge on any atom is -0.493 e. The molecule has 5 heteroatoms. The molecule has 0 radical (unpaired) electrons. The summed E-state index contributed by atoms with van der Waals surface area (Å²) in [6, 6.07) is 10.2. The van der Waals surface area contributed by atoms with Crippen molar-refractivity contribution in [2.75, 3.05) is 11.9 Å². The first-order valence-corrected chi connectivity index (χ1v) is 7.87. The van der Waals surface area contributed by atoms with Gasteiger partial charge in [-0.1, -0.05) is 34.5 Å². The molecule has 112 valence electrons. The summed E-state index contributed by atoms with van der Waals surface area (Å²) in [5.74, 6) is 0.469. The highest BCUT2D eigenvalue weighted by molar-refractivity contribution is 9.10. The summed E-state index contributed by atoms with van der Waals surface area (Å²) < 4.78 is 20.0. The SMILES string of the molecule is CCCOc1ccc(Br)cc1CNc1cc(F)cc(Cl)c1. The summed E-state index contributed by atoms with van der Waals surface area (Å²) in [6.07, 6.45) is 0.947. The molecule has 0 bridgehead atoms. The maximum atomic E-state index is 13.3. The molecule has 0 aliphatic rings. The molecule has 0 aliphatic heterocycles. The molecule has 0 spiro atoms. The summed E-state index contributed by atoms with van der Waals surface area (Å²) in [5, 5.41) is 3.53. The van der Waals surface area contributed by atoms with E-state index in [0.717, 1.165) is 22.2 Å². The van der Waals surface area contributed by atoms with Crippen LogP contribution in [0.1, 0.15) is 18.9 Å². The quantitative estimate of drug-likeness (QED) is 0.708. The third-order valence-electron chi connectivity index (χ3n) is 2.83. The number of anilines is 1. The van der Waals surface area contributed by atoms with Crippen LogP contribution in [-0.2, 0) is 6.54 Å². The van der Waals surface area contributed by atoms with Crippen molar-refractivity contribution in [3.8, 4) is 5.75 Å². The van der Waals surface area contributed by atoms with Crippen molar-refractivity contribution in [3.63, 3.8) is 0 Å². The molecule has 2 aromatic carbocycles. The number of benzene rings is 2. The Morgan fingerprint density at radius 1 is 1.24 bits per heavy atom. The minimum atomic E-state index is -0.360. The molecule has 0 saturated heterocycles. The maximum Gasteiger partial charge on any atom is 0.126 e. The third-order valence-corrected chi connectivity index (χ3v) is 3.54. The lowest BCUT2D eigenvalue weighted by Crippen LogP contribution is -2.04. The highest BCUT2D eigenvalue weighted by Gasteiger charge is 2.06. The van der Waals surface area contributed by atoms with Gasteiger partial charge in [-0.3, -0.25) is 0 Å². The Kier molecular flexibility index (Phi) is 5.88. The fraction of sp³-hybridized carbons (Fsp3) is 0.250. The van der Waals surface area contributed by atoms with E-state index in [2.05, 4.69) is 28.2 Å². The van der Waals surface area contributed by atoms with E-state index < -0.39 is 0 Å². The molecule has 1 N–H and O–H groups in total. The number of hydrogen-bond acceptors (Lipinski definition) is 2. The Bertz CT molecular complexity index is 601. The molecule has 2 nitrogen and oxygen atoms in total. The molecule has 0 aliphatic carbocycles. The molecular weight excluding hydrogens is 357 g/mol. The lowest BCUT2D eigenvalue weighted by molar-refractivity contribution is 0.314. The summed E-state index contributed by atoms with van der Waals surface area (Å²) in [7, 11) is 0. The van der Waals surface area contributed by atoms with Gasteiger partial charge in [-0.2, -0.15) is 0 Å². The van der Waals surface area contributed by atoms with Crippen LogP contribution in [0.5, 0.6) is 5.75 Å². The Hall–Kier alpha value is -1.26. The minimum absolute atomic E-state index is 0.360. The molecule has 0 atom stereocenters. The largest absolute Gasteiger partial charge is 0.493 e. The smallest absolute Gasteiger partial charge is 0.126 e. The summed E-state index contributed by atoms with van der Waals surface area (Å²) in [6.45, 7) is 3.25. The van der Waals surface area contributed by atoms with E-state index in [1.807, 2.05) is 18.2 Å². The molecule has 2 aromatic rings. The number of ether oxygens (including phenoxy) is 1. The molecular formula is C16H16BrClFNO. The standard InChI is InChI=1S/C16H16BrClFNO/c1-2-5-21-16-4-3-12(17)6-11(16)10-20-15-8-13(18)7-14(19)9-15/h3-4,6-9,20H,2,5,10H2,1H3. The van der Waals surface area contributed by atoms with Crippen molar-refractivity contribution in [1.29, 1.82) is 0 Å². The predicted octanol–water partition coefficient (Wildman–Crippen LogP) is 5.64. The Morgan fingerprint density at radius 3 is 2.76 bits per heavy atom. The number of hydrogen-bond donors (Lipinski definition) is 1. The van der Waals surface area contributed by atoms with Crippen molar-refractivity contribution in [2.24, 2.45) is 0 Å². The first kappa shape index (κ1) is 16.1. The van der Waals surface area contributed by atoms with Crippen LogP contribution < -0.4 is 10.1 Å². The molecule has 0 unspecified atom stereocenters. The molecule has 0 amide bonds. The van der Waals surface area contributed by atoms with E-state index in [1.54, 1.807) is 6.07 Å². The van der Waals surface area contributed by atoms with Gasteiger partial charge in [-0.05, 0) is 42.8 Å². The van der Waals surface area contributed by atoms with Crippen LogP contribution in [0.3, 0.4) is 0 Å². The van der Waals surface area contributed by atoms with Crippen LogP contribution in [0.4, 0.5) is 10.1 Å². The first-order chi connectivity index (χ1) is 10.1. The van der Waals surface area contributed by atoms with Crippen molar-refractivity contribution < 1.29 is 9.13 Å². The van der Waals surface area contributed by atoms with Crippen LogP contribution in [0.25, 0.3) is 0 Å². The van der Waals surface area contributed by atoms with Crippen molar-refractivity contribution >= 4 is 33.2 Å². The van der Waals surface area contributed by atoms with E-state index in [0.29, 0.717) is 23.9 Å². The van der Waals surface area contributed by atoms with Crippen LogP contribution in [0, 0.1) is 5.82 Å². The van der Waals surface area contributed by atoms with Crippen LogP contribution in [0.15, 0.2) is 40.9 Å². The second-order valence-corrected chi connectivity index (χ2v) is 5.96. The molecule has 0 fully saturated rings. The highest BCUT2D eigenvalue weighted by Crippen LogP contribution is 2.25. The van der Waals surface area contributed by atoms with Gasteiger partial charge in [0.2, 0.25) is 0 Å². The van der Waals surface area contributed by atoms with E-state index in [-0.39, 0.29) is 5.82 Å². The van der Waals surface area contributed by atoms with Gasteiger partial charge in [0.05, 0.1) is 6.61 Å². The first-order valence-electron chi connectivity index (χ1n) is 6.69. The van der Waals surface area contributed by atoms with Gasteiger partial charge >= 0.3 is 0 Å². The average Bonchev–Trinajstić information content (AvgIpc) is 2.43. The lowest BCUT2D eigenvalue weighted by atomic mass is 10.2. The van der Waals surface area contributed by atoms with Crippen LogP contribution in [-0.4, -0.2) is 6.61 Å². The van der Waals surface area contributed by atoms with Gasteiger partial charge in [0.1, 0.15) is 11.6 Å².